The summed E-state index contributed by atoms with van der Waals surface area (Å²) in [5, 5.41) is 4.56. The Morgan fingerprint density at radius 1 is 1.06 bits per heavy atom. The predicted molar refractivity (Wildman–Crippen MR) is 137 cm³/mol. The van der Waals surface area contributed by atoms with Gasteiger partial charge in [-0.1, -0.05) is 73.8 Å². The summed E-state index contributed by atoms with van der Waals surface area (Å²) < 4.78 is 0. The van der Waals surface area contributed by atoms with Crippen LogP contribution in [0.4, 0.5) is 0 Å². The van der Waals surface area contributed by atoms with Crippen molar-refractivity contribution in [1.29, 1.82) is 0 Å². The molecule has 2 aromatic rings. The average molecular weight is 516 g/mol. The molecule has 0 fully saturated rings. The monoisotopic (exact) mass is 514 g/mol. The van der Waals surface area contributed by atoms with Crippen molar-refractivity contribution in [3.05, 3.63) is 68.7 Å². The molecule has 0 spiro atoms. The molecule has 0 aliphatic rings. The molecule has 0 aliphatic heterocycles. The Kier molecular flexibility index (Phi) is 11.2. The number of benzene rings is 2. The van der Waals surface area contributed by atoms with Gasteiger partial charge in [-0.25, -0.2) is 0 Å². The molecule has 32 heavy (non-hydrogen) atoms. The molecule has 1 N–H and O–H groups in total. The number of nitrogens with one attached hydrogen (secondary N) is 1. The van der Waals surface area contributed by atoms with Gasteiger partial charge in [0.15, 0.2) is 0 Å². The van der Waals surface area contributed by atoms with Gasteiger partial charge in [0.25, 0.3) is 0 Å². The first-order valence-electron chi connectivity index (χ1n) is 10.5. The SMILES string of the molecule is CC[C@@H](C(=O)NCC(C)C)N(Cc1c(Cl)cccc1Cl)C(=O)CSCc1cccc(Cl)c1. The first-order valence-corrected chi connectivity index (χ1v) is 12.8. The average Bonchev–Trinajstić information content (AvgIpc) is 2.74. The van der Waals surface area contributed by atoms with Gasteiger partial charge in [0.2, 0.25) is 11.8 Å². The zero-order valence-electron chi connectivity index (χ0n) is 18.5. The second-order valence-electron chi connectivity index (χ2n) is 7.91. The van der Waals surface area contributed by atoms with Crippen molar-refractivity contribution in [2.24, 2.45) is 5.92 Å². The Morgan fingerprint density at radius 2 is 1.72 bits per heavy atom. The Bertz CT molecular complexity index is 904. The van der Waals surface area contributed by atoms with Crippen LogP contribution in [0.1, 0.15) is 38.3 Å². The normalized spacial score (nSPS) is 12.0. The predicted octanol–water partition coefficient (Wildman–Crippen LogP) is 6.46. The lowest BCUT2D eigenvalue weighted by Crippen LogP contribution is -2.50. The molecule has 0 radical (unpaired) electrons. The molecular weight excluding hydrogens is 487 g/mol. The molecule has 0 aromatic heterocycles. The second-order valence-corrected chi connectivity index (χ2v) is 10.1. The van der Waals surface area contributed by atoms with Gasteiger partial charge in [-0.15, -0.1) is 11.8 Å². The van der Waals surface area contributed by atoms with Crippen LogP contribution in [0, 0.1) is 5.92 Å². The maximum absolute atomic E-state index is 13.3. The maximum Gasteiger partial charge on any atom is 0.242 e. The number of rotatable bonds is 11. The number of hydrogen-bond acceptors (Lipinski definition) is 3. The lowest BCUT2D eigenvalue weighted by Gasteiger charge is -2.31. The topological polar surface area (TPSA) is 49.4 Å². The number of thioether (sulfide) groups is 1. The van der Waals surface area contributed by atoms with Gasteiger partial charge in [-0.2, -0.15) is 0 Å². The van der Waals surface area contributed by atoms with Crippen molar-refractivity contribution < 1.29 is 9.59 Å². The minimum atomic E-state index is -0.611. The third-order valence-corrected chi connectivity index (χ3v) is 6.78. The van der Waals surface area contributed by atoms with Gasteiger partial charge in [0.1, 0.15) is 6.04 Å². The van der Waals surface area contributed by atoms with Crippen LogP contribution in [0.15, 0.2) is 42.5 Å². The zero-order valence-corrected chi connectivity index (χ0v) is 21.6. The van der Waals surface area contributed by atoms with Crippen LogP contribution in [0.2, 0.25) is 15.1 Å². The zero-order chi connectivity index (χ0) is 23.7. The molecule has 0 unspecified atom stereocenters. The van der Waals surface area contributed by atoms with E-state index >= 15 is 0 Å². The van der Waals surface area contributed by atoms with Crippen LogP contribution >= 0.6 is 46.6 Å². The van der Waals surface area contributed by atoms with Crippen molar-refractivity contribution >= 4 is 58.4 Å². The fourth-order valence-corrected chi connectivity index (χ4v) is 4.75. The summed E-state index contributed by atoms with van der Waals surface area (Å²) in [5.74, 6) is 0.871. The molecule has 2 amide bonds. The summed E-state index contributed by atoms with van der Waals surface area (Å²) in [5.41, 5.74) is 1.68. The van der Waals surface area contributed by atoms with E-state index in [0.717, 1.165) is 5.56 Å². The van der Waals surface area contributed by atoms with E-state index in [0.29, 0.717) is 45.3 Å². The fourth-order valence-electron chi connectivity index (χ4n) is 3.16. The Hall–Kier alpha value is -1.40. The molecule has 2 rings (SSSR count). The molecule has 0 saturated heterocycles. The fraction of sp³-hybridized carbons (Fsp3) is 0.417. The molecule has 0 bridgehead atoms. The molecule has 8 heteroatoms. The largest absolute Gasteiger partial charge is 0.354 e. The first-order chi connectivity index (χ1) is 15.2. The van der Waals surface area contributed by atoms with Gasteiger partial charge < -0.3 is 10.2 Å². The smallest absolute Gasteiger partial charge is 0.242 e. The number of carbonyl (C=O) groups excluding carboxylic acids is 2. The van der Waals surface area contributed by atoms with Gasteiger partial charge in [0.05, 0.1) is 5.75 Å². The third kappa shape index (κ3) is 8.18. The Labute approximate surface area is 210 Å². The minimum Gasteiger partial charge on any atom is -0.354 e. The first kappa shape index (κ1) is 26.8. The number of hydrogen-bond donors (Lipinski definition) is 1. The minimum absolute atomic E-state index is 0.139. The van der Waals surface area contributed by atoms with Crippen LogP contribution in [-0.2, 0) is 21.9 Å². The van der Waals surface area contributed by atoms with E-state index in [2.05, 4.69) is 5.32 Å². The van der Waals surface area contributed by atoms with E-state index in [4.69, 9.17) is 34.8 Å². The van der Waals surface area contributed by atoms with E-state index in [1.807, 2.05) is 45.0 Å². The van der Waals surface area contributed by atoms with Crippen molar-refractivity contribution in [2.75, 3.05) is 12.3 Å². The highest BCUT2D eigenvalue weighted by molar-refractivity contribution is 7.99. The molecule has 0 saturated carbocycles. The number of halogens is 3. The standard InChI is InChI=1S/C24H29Cl3N2O2S/c1-4-22(24(31)28-12-16(2)3)29(13-19-20(26)9-6-10-21(19)27)23(30)15-32-14-17-7-5-8-18(25)11-17/h5-11,16,22H,4,12-15H2,1-3H3,(H,28,31)/t22-/m0/s1. The van der Waals surface area contributed by atoms with Gasteiger partial charge >= 0.3 is 0 Å². The molecule has 1 atom stereocenters. The van der Waals surface area contributed by atoms with E-state index in [-0.39, 0.29) is 24.1 Å². The molecule has 174 valence electrons. The van der Waals surface area contributed by atoms with Gasteiger partial charge in [-0.3, -0.25) is 9.59 Å². The van der Waals surface area contributed by atoms with Crippen LogP contribution < -0.4 is 5.32 Å². The van der Waals surface area contributed by atoms with Crippen LogP contribution in [0.5, 0.6) is 0 Å². The van der Waals surface area contributed by atoms with Gasteiger partial charge in [-0.05, 0) is 42.2 Å². The summed E-state index contributed by atoms with van der Waals surface area (Å²) >= 11 is 20.3. The van der Waals surface area contributed by atoms with E-state index in [1.54, 1.807) is 23.1 Å². The summed E-state index contributed by atoms with van der Waals surface area (Å²) in [6.45, 7) is 6.67. The van der Waals surface area contributed by atoms with Crippen molar-refractivity contribution in [1.82, 2.24) is 10.2 Å². The molecule has 4 nitrogen and oxygen atoms in total. The van der Waals surface area contributed by atoms with E-state index in [1.165, 1.54) is 11.8 Å². The van der Waals surface area contributed by atoms with Crippen molar-refractivity contribution in [2.45, 2.75) is 45.5 Å². The van der Waals surface area contributed by atoms with Crippen LogP contribution in [-0.4, -0.2) is 35.1 Å². The summed E-state index contributed by atoms with van der Waals surface area (Å²) in [7, 11) is 0. The molecular formula is C24H29Cl3N2O2S. The van der Waals surface area contributed by atoms with E-state index in [9.17, 15) is 9.59 Å². The number of amides is 2. The molecule has 2 aromatic carbocycles. The Morgan fingerprint density at radius 3 is 2.31 bits per heavy atom. The molecule has 0 aliphatic carbocycles. The summed E-state index contributed by atoms with van der Waals surface area (Å²) in [4.78, 5) is 27.8. The molecule has 0 heterocycles. The highest BCUT2D eigenvalue weighted by Gasteiger charge is 2.29. The van der Waals surface area contributed by atoms with Crippen LogP contribution in [0.3, 0.4) is 0 Å². The van der Waals surface area contributed by atoms with Gasteiger partial charge in [0, 0.05) is 39.5 Å². The van der Waals surface area contributed by atoms with Crippen molar-refractivity contribution in [3.8, 4) is 0 Å². The van der Waals surface area contributed by atoms with Crippen LogP contribution in [0.25, 0.3) is 0 Å². The Balaban J connectivity index is 2.19. The maximum atomic E-state index is 13.3. The highest BCUT2D eigenvalue weighted by atomic mass is 35.5. The quantitative estimate of drug-likeness (QED) is 0.373. The number of carbonyl (C=O) groups is 2. The van der Waals surface area contributed by atoms with Crippen molar-refractivity contribution in [3.63, 3.8) is 0 Å². The lowest BCUT2D eigenvalue weighted by atomic mass is 10.1. The highest BCUT2D eigenvalue weighted by Crippen LogP contribution is 2.27. The van der Waals surface area contributed by atoms with E-state index < -0.39 is 6.04 Å². The second kappa shape index (κ2) is 13.3. The summed E-state index contributed by atoms with van der Waals surface area (Å²) in [6.07, 6.45) is 0.483. The number of nitrogens with zero attached hydrogens (tertiary/aromatic N) is 1. The summed E-state index contributed by atoms with van der Waals surface area (Å²) in [6, 6.07) is 12.2. The lowest BCUT2D eigenvalue weighted by molar-refractivity contribution is -0.139. The third-order valence-electron chi connectivity index (χ3n) is 4.84.